The maximum atomic E-state index is 16.5. The quantitative estimate of drug-likeness (QED) is 0.237. The summed E-state index contributed by atoms with van der Waals surface area (Å²) in [5.41, 5.74) is 9.77. The Morgan fingerprint density at radius 1 is 1.13 bits per heavy atom. The summed E-state index contributed by atoms with van der Waals surface area (Å²) in [6, 6.07) is 16.9. The van der Waals surface area contributed by atoms with Crippen LogP contribution in [0.1, 0.15) is 72.5 Å². The first kappa shape index (κ1) is 25.7. The Balaban J connectivity index is 2.01. The van der Waals surface area contributed by atoms with E-state index < -0.39 is 17.3 Å². The molecule has 0 spiro atoms. The van der Waals surface area contributed by atoms with Crippen LogP contribution in [0.15, 0.2) is 65.3 Å². The van der Waals surface area contributed by atoms with Gasteiger partial charge in [0.15, 0.2) is 5.82 Å². The van der Waals surface area contributed by atoms with Crippen LogP contribution in [0, 0.1) is 19.7 Å². The second kappa shape index (κ2) is 9.44. The van der Waals surface area contributed by atoms with Crippen molar-refractivity contribution in [2.45, 2.75) is 59.1 Å². The van der Waals surface area contributed by atoms with Crippen LogP contribution in [0.3, 0.4) is 0 Å². The van der Waals surface area contributed by atoms with Gasteiger partial charge < -0.3 is 19.8 Å². The van der Waals surface area contributed by atoms with Gasteiger partial charge in [0.2, 0.25) is 5.91 Å². The molecule has 38 heavy (non-hydrogen) atoms. The number of nitrogens with two attached hydrogens (primary N) is 1. The molecule has 6 heteroatoms. The van der Waals surface area contributed by atoms with Crippen molar-refractivity contribution in [1.29, 1.82) is 0 Å². The van der Waals surface area contributed by atoms with E-state index in [4.69, 9.17) is 10.2 Å². The number of aliphatic hydroxyl groups is 1. The van der Waals surface area contributed by atoms with Crippen LogP contribution in [-0.2, 0) is 5.60 Å². The van der Waals surface area contributed by atoms with E-state index in [-0.39, 0.29) is 11.6 Å². The van der Waals surface area contributed by atoms with Gasteiger partial charge >= 0.3 is 0 Å². The number of furan rings is 1. The van der Waals surface area contributed by atoms with Crippen LogP contribution in [0.25, 0.3) is 32.9 Å². The zero-order chi connectivity index (χ0) is 27.4. The number of halogens is 1. The number of amides is 1. The molecule has 0 aliphatic carbocycles. The van der Waals surface area contributed by atoms with Gasteiger partial charge in [-0.15, -0.1) is 0 Å². The minimum absolute atomic E-state index is 0.194. The van der Waals surface area contributed by atoms with Crippen molar-refractivity contribution in [1.82, 2.24) is 4.57 Å². The molecule has 2 aromatic heterocycles. The first-order chi connectivity index (χ1) is 18.0. The molecule has 1 unspecified atom stereocenters. The molecular formula is C32H33FN2O3. The summed E-state index contributed by atoms with van der Waals surface area (Å²) in [6.07, 6.45) is 3.29. The lowest BCUT2D eigenvalue weighted by Crippen LogP contribution is -2.19. The van der Waals surface area contributed by atoms with Crippen molar-refractivity contribution < 1.29 is 18.7 Å². The molecule has 0 fully saturated rings. The van der Waals surface area contributed by atoms with Crippen LogP contribution >= 0.6 is 0 Å². The van der Waals surface area contributed by atoms with E-state index >= 15 is 4.39 Å². The standard InChI is InChI=1S/C32H33FN2O3/c1-6-10-25(20-11-8-7-9-12-20)35-26-16-21(27-18(2)17-38-19(27)3)15-23(31(34)36)28(26)22-13-14-24(32(4,5)37)29(33)30(22)35/h7-9,11-17,25,37H,6,10H2,1-5H3,(H2,34,36). The van der Waals surface area contributed by atoms with Gasteiger partial charge in [-0.1, -0.05) is 55.8 Å². The topological polar surface area (TPSA) is 81.4 Å². The van der Waals surface area contributed by atoms with Crippen LogP contribution in [0.4, 0.5) is 4.39 Å². The van der Waals surface area contributed by atoms with Crippen LogP contribution in [0.5, 0.6) is 0 Å². The van der Waals surface area contributed by atoms with E-state index in [1.165, 1.54) is 0 Å². The van der Waals surface area contributed by atoms with Gasteiger partial charge in [0.25, 0.3) is 0 Å². The number of benzene rings is 3. The Labute approximate surface area is 221 Å². The fraction of sp³-hybridized carbons (Fsp3) is 0.281. The van der Waals surface area contributed by atoms with Crippen molar-refractivity contribution in [2.24, 2.45) is 5.73 Å². The molecule has 0 bridgehead atoms. The summed E-state index contributed by atoms with van der Waals surface area (Å²) >= 11 is 0. The monoisotopic (exact) mass is 512 g/mol. The molecule has 3 N–H and O–H groups in total. The predicted molar refractivity (Wildman–Crippen MR) is 150 cm³/mol. The molecule has 1 atom stereocenters. The summed E-state index contributed by atoms with van der Waals surface area (Å²) in [5.74, 6) is -0.368. The number of fused-ring (bicyclic) bond motifs is 3. The number of hydrogen-bond acceptors (Lipinski definition) is 3. The molecule has 0 radical (unpaired) electrons. The maximum Gasteiger partial charge on any atom is 0.249 e. The molecule has 3 aromatic carbocycles. The average Bonchev–Trinajstić information content (AvgIpc) is 3.38. The Bertz CT molecular complexity index is 1650. The summed E-state index contributed by atoms with van der Waals surface area (Å²) in [6.45, 7) is 9.07. The first-order valence-corrected chi connectivity index (χ1v) is 13.0. The van der Waals surface area contributed by atoms with Crippen LogP contribution in [0.2, 0.25) is 0 Å². The summed E-state index contributed by atoms with van der Waals surface area (Å²) < 4.78 is 24.2. The van der Waals surface area contributed by atoms with Gasteiger partial charge in [-0.2, -0.15) is 0 Å². The Kier molecular flexibility index (Phi) is 6.40. The molecule has 196 valence electrons. The van der Waals surface area contributed by atoms with E-state index in [0.717, 1.165) is 40.9 Å². The van der Waals surface area contributed by atoms with Gasteiger partial charge in [0.1, 0.15) is 5.76 Å². The summed E-state index contributed by atoms with van der Waals surface area (Å²) in [7, 11) is 0. The third-order valence-corrected chi connectivity index (χ3v) is 7.43. The van der Waals surface area contributed by atoms with E-state index in [0.29, 0.717) is 27.4 Å². The van der Waals surface area contributed by atoms with Crippen molar-refractivity contribution in [3.8, 4) is 11.1 Å². The predicted octanol–water partition coefficient (Wildman–Crippen LogP) is 7.53. The molecule has 2 heterocycles. The van der Waals surface area contributed by atoms with Gasteiger partial charge in [-0.25, -0.2) is 4.39 Å². The van der Waals surface area contributed by atoms with Crippen molar-refractivity contribution in [3.63, 3.8) is 0 Å². The highest BCUT2D eigenvalue weighted by molar-refractivity contribution is 6.19. The summed E-state index contributed by atoms with van der Waals surface area (Å²) in [4.78, 5) is 12.9. The normalized spacial score (nSPS) is 12.9. The van der Waals surface area contributed by atoms with E-state index in [2.05, 4.69) is 6.92 Å². The molecule has 5 aromatic rings. The van der Waals surface area contributed by atoms with E-state index in [9.17, 15) is 9.90 Å². The Morgan fingerprint density at radius 2 is 1.84 bits per heavy atom. The smallest absolute Gasteiger partial charge is 0.249 e. The second-order valence-corrected chi connectivity index (χ2v) is 10.6. The number of hydrogen-bond donors (Lipinski definition) is 2. The minimum Gasteiger partial charge on any atom is -0.469 e. The number of primary amides is 1. The Hall–Kier alpha value is -3.90. The largest absolute Gasteiger partial charge is 0.469 e. The van der Waals surface area contributed by atoms with Gasteiger partial charge in [0, 0.05) is 27.5 Å². The number of aromatic nitrogens is 1. The lowest BCUT2D eigenvalue weighted by Gasteiger charge is -2.24. The fourth-order valence-corrected chi connectivity index (χ4v) is 5.75. The molecule has 0 aliphatic rings. The lowest BCUT2D eigenvalue weighted by molar-refractivity contribution is 0.0748. The van der Waals surface area contributed by atoms with Gasteiger partial charge in [0.05, 0.1) is 28.9 Å². The molecule has 0 aliphatic heterocycles. The first-order valence-electron chi connectivity index (χ1n) is 13.0. The fourth-order valence-electron chi connectivity index (χ4n) is 5.75. The second-order valence-electron chi connectivity index (χ2n) is 10.6. The van der Waals surface area contributed by atoms with Crippen LogP contribution in [-0.4, -0.2) is 15.6 Å². The zero-order valence-electron chi connectivity index (χ0n) is 22.4. The maximum absolute atomic E-state index is 16.5. The molecule has 5 rings (SSSR count). The highest BCUT2D eigenvalue weighted by Crippen LogP contribution is 2.43. The third-order valence-electron chi connectivity index (χ3n) is 7.43. The van der Waals surface area contributed by atoms with Crippen molar-refractivity contribution in [2.75, 3.05) is 0 Å². The molecular weight excluding hydrogens is 479 g/mol. The number of aryl methyl sites for hydroxylation is 2. The van der Waals surface area contributed by atoms with Crippen molar-refractivity contribution in [3.05, 3.63) is 94.7 Å². The van der Waals surface area contributed by atoms with Crippen LogP contribution < -0.4 is 5.73 Å². The molecule has 0 saturated carbocycles. The SMILES string of the molecule is CCCC(c1ccccc1)n1c2cc(-c3c(C)coc3C)cc(C(N)=O)c2c2ccc(C(C)(C)O)c(F)c21. The van der Waals surface area contributed by atoms with E-state index in [1.54, 1.807) is 38.3 Å². The number of carbonyl (C=O) groups is 1. The minimum atomic E-state index is -1.39. The number of rotatable bonds is 7. The lowest BCUT2D eigenvalue weighted by atomic mass is 9.94. The van der Waals surface area contributed by atoms with Gasteiger partial charge in [-0.05, 0) is 62.9 Å². The highest BCUT2D eigenvalue weighted by atomic mass is 19.1. The molecule has 1 amide bonds. The summed E-state index contributed by atoms with van der Waals surface area (Å²) in [5, 5.41) is 12.0. The average molecular weight is 513 g/mol. The Morgan fingerprint density at radius 3 is 2.42 bits per heavy atom. The highest BCUT2D eigenvalue weighted by Gasteiger charge is 2.30. The molecule has 5 nitrogen and oxygen atoms in total. The van der Waals surface area contributed by atoms with Crippen molar-refractivity contribution >= 4 is 27.7 Å². The number of nitrogens with zero attached hydrogens (tertiary/aromatic N) is 1. The van der Waals surface area contributed by atoms with E-state index in [1.807, 2.05) is 54.8 Å². The number of carbonyl (C=O) groups excluding carboxylic acids is 1. The zero-order valence-corrected chi connectivity index (χ0v) is 22.4. The van der Waals surface area contributed by atoms with Gasteiger partial charge in [-0.3, -0.25) is 4.79 Å². The molecule has 0 saturated heterocycles. The third kappa shape index (κ3) is 4.09.